The van der Waals surface area contributed by atoms with E-state index in [1.807, 2.05) is 6.07 Å². The summed E-state index contributed by atoms with van der Waals surface area (Å²) >= 11 is 0. The van der Waals surface area contributed by atoms with Crippen molar-refractivity contribution >= 4 is 16.8 Å². The van der Waals surface area contributed by atoms with Crippen molar-refractivity contribution in [1.82, 2.24) is 9.55 Å². The number of nitrogens with zero attached hydrogens (tertiary/aromatic N) is 2. The molecule has 0 aliphatic heterocycles. The van der Waals surface area contributed by atoms with Gasteiger partial charge in [-0.15, -0.1) is 0 Å². The van der Waals surface area contributed by atoms with Gasteiger partial charge in [0.2, 0.25) is 0 Å². The molecule has 0 saturated carbocycles. The number of ether oxygens (including phenoxy) is 2. The number of hydrogen-bond acceptors (Lipinski definition) is 6. The SMILES string of the molecule is COc1cc(CC(=O)c2c(O)c3cccnc3n(-c3ccccc3)c2=O)cc(OC)c1. The first-order chi connectivity index (χ1) is 15.0. The number of carbonyl (C=O) groups excluding carboxylic acids is 1. The fourth-order valence-corrected chi connectivity index (χ4v) is 3.51. The third-order valence-electron chi connectivity index (χ3n) is 4.98. The normalized spacial score (nSPS) is 10.8. The Morgan fingerprint density at radius 2 is 1.68 bits per heavy atom. The number of benzene rings is 2. The maximum Gasteiger partial charge on any atom is 0.271 e. The molecular weight excluding hydrogens is 396 g/mol. The maximum absolute atomic E-state index is 13.4. The Morgan fingerprint density at radius 3 is 2.32 bits per heavy atom. The van der Waals surface area contributed by atoms with Crippen LogP contribution in [-0.2, 0) is 6.42 Å². The van der Waals surface area contributed by atoms with Crippen molar-refractivity contribution in [2.24, 2.45) is 0 Å². The zero-order valence-electron chi connectivity index (χ0n) is 17.0. The van der Waals surface area contributed by atoms with Gasteiger partial charge in [0.15, 0.2) is 11.4 Å². The van der Waals surface area contributed by atoms with Crippen LogP contribution in [0.4, 0.5) is 0 Å². The number of fused-ring (bicyclic) bond motifs is 1. The van der Waals surface area contributed by atoms with E-state index in [0.717, 1.165) is 0 Å². The van der Waals surface area contributed by atoms with Crippen molar-refractivity contribution < 1.29 is 19.4 Å². The van der Waals surface area contributed by atoms with Gasteiger partial charge in [0.1, 0.15) is 22.8 Å². The molecule has 2 aromatic heterocycles. The van der Waals surface area contributed by atoms with E-state index in [-0.39, 0.29) is 23.4 Å². The molecule has 0 atom stereocenters. The molecule has 0 aliphatic carbocycles. The lowest BCUT2D eigenvalue weighted by Crippen LogP contribution is -2.27. The highest BCUT2D eigenvalue weighted by Gasteiger charge is 2.24. The van der Waals surface area contributed by atoms with Crippen LogP contribution in [0, 0.1) is 0 Å². The number of ketones is 1. The topological polar surface area (TPSA) is 90.6 Å². The number of rotatable bonds is 6. The summed E-state index contributed by atoms with van der Waals surface area (Å²) in [7, 11) is 3.03. The van der Waals surface area contributed by atoms with Gasteiger partial charge < -0.3 is 14.6 Å². The molecule has 0 amide bonds. The molecule has 2 aromatic carbocycles. The first-order valence-electron chi connectivity index (χ1n) is 9.56. The van der Waals surface area contributed by atoms with Crippen LogP contribution in [0.25, 0.3) is 16.7 Å². The minimum atomic E-state index is -0.630. The lowest BCUT2D eigenvalue weighted by Gasteiger charge is -2.14. The Labute approximate surface area is 178 Å². The van der Waals surface area contributed by atoms with Crippen LogP contribution >= 0.6 is 0 Å². The van der Waals surface area contributed by atoms with Gasteiger partial charge in [0, 0.05) is 18.7 Å². The fraction of sp³-hybridized carbons (Fsp3) is 0.125. The van der Waals surface area contributed by atoms with E-state index in [1.165, 1.54) is 25.0 Å². The Balaban J connectivity index is 1.89. The van der Waals surface area contributed by atoms with Crippen LogP contribution in [0.3, 0.4) is 0 Å². The van der Waals surface area contributed by atoms with Gasteiger partial charge in [-0.1, -0.05) is 18.2 Å². The second-order valence-corrected chi connectivity index (χ2v) is 6.90. The summed E-state index contributed by atoms with van der Waals surface area (Å²) in [5.41, 5.74) is 0.502. The predicted octanol–water partition coefficient (Wildman–Crippen LogP) is 3.53. The van der Waals surface area contributed by atoms with Crippen LogP contribution in [0.5, 0.6) is 17.2 Å². The predicted molar refractivity (Wildman–Crippen MR) is 117 cm³/mol. The quantitative estimate of drug-likeness (QED) is 0.484. The highest BCUT2D eigenvalue weighted by atomic mass is 16.5. The number of para-hydroxylation sites is 1. The molecule has 0 spiro atoms. The van der Waals surface area contributed by atoms with Gasteiger partial charge in [-0.05, 0) is 42.0 Å². The van der Waals surface area contributed by atoms with Gasteiger partial charge in [-0.2, -0.15) is 0 Å². The average Bonchev–Trinajstić information content (AvgIpc) is 2.79. The van der Waals surface area contributed by atoms with Crippen LogP contribution in [0.2, 0.25) is 0 Å². The van der Waals surface area contributed by atoms with E-state index < -0.39 is 11.3 Å². The summed E-state index contributed by atoms with van der Waals surface area (Å²) in [4.78, 5) is 30.8. The summed E-state index contributed by atoms with van der Waals surface area (Å²) in [5.74, 6) is 0.153. The number of methoxy groups -OCH3 is 2. The van der Waals surface area contributed by atoms with Crippen molar-refractivity contribution in [3.05, 3.63) is 88.3 Å². The molecule has 0 bridgehead atoms. The number of carbonyl (C=O) groups is 1. The summed E-state index contributed by atoms with van der Waals surface area (Å²) < 4.78 is 11.8. The van der Waals surface area contributed by atoms with E-state index in [4.69, 9.17) is 9.47 Å². The van der Waals surface area contributed by atoms with E-state index in [2.05, 4.69) is 4.98 Å². The molecule has 0 radical (unpaired) electrons. The smallest absolute Gasteiger partial charge is 0.271 e. The van der Waals surface area contributed by atoms with Crippen LogP contribution in [0.15, 0.2) is 71.7 Å². The molecule has 31 heavy (non-hydrogen) atoms. The Hall–Kier alpha value is -4.13. The summed E-state index contributed by atoms with van der Waals surface area (Å²) in [6, 6.07) is 17.2. The number of pyridine rings is 2. The first-order valence-corrected chi connectivity index (χ1v) is 9.56. The van der Waals surface area contributed by atoms with Gasteiger partial charge in [-0.25, -0.2) is 4.98 Å². The van der Waals surface area contributed by atoms with Gasteiger partial charge in [0.05, 0.1) is 25.3 Å². The van der Waals surface area contributed by atoms with E-state index >= 15 is 0 Å². The third-order valence-corrected chi connectivity index (χ3v) is 4.98. The van der Waals surface area contributed by atoms with Crippen molar-refractivity contribution in [2.45, 2.75) is 6.42 Å². The summed E-state index contributed by atoms with van der Waals surface area (Å²) in [6.45, 7) is 0. The molecule has 7 heteroatoms. The summed E-state index contributed by atoms with van der Waals surface area (Å²) in [6.07, 6.45) is 1.42. The van der Waals surface area contributed by atoms with Crippen LogP contribution < -0.4 is 15.0 Å². The van der Waals surface area contributed by atoms with Crippen molar-refractivity contribution in [2.75, 3.05) is 14.2 Å². The molecular formula is C24H20N2O5. The molecule has 156 valence electrons. The first kappa shape index (κ1) is 20.2. The Kier molecular flexibility index (Phi) is 5.41. The molecule has 1 N–H and O–H groups in total. The number of aromatic nitrogens is 2. The molecule has 4 aromatic rings. The third kappa shape index (κ3) is 3.73. The second-order valence-electron chi connectivity index (χ2n) is 6.90. The van der Waals surface area contributed by atoms with Crippen molar-refractivity contribution in [3.8, 4) is 22.9 Å². The molecule has 7 nitrogen and oxygen atoms in total. The standard InChI is InChI=1S/C24H20N2O5/c1-30-17-11-15(12-18(14-17)31-2)13-20(27)21-22(28)19-9-6-10-25-23(19)26(24(21)29)16-7-4-3-5-8-16/h3-12,14,28H,13H2,1-2H3. The van der Waals surface area contributed by atoms with Crippen LogP contribution in [0.1, 0.15) is 15.9 Å². The molecule has 0 unspecified atom stereocenters. The van der Waals surface area contributed by atoms with E-state index in [9.17, 15) is 14.7 Å². The molecule has 0 aliphatic rings. The van der Waals surface area contributed by atoms with E-state index in [1.54, 1.807) is 54.6 Å². The monoisotopic (exact) mass is 416 g/mol. The number of aromatic hydroxyl groups is 1. The Bertz CT molecular complexity index is 1310. The molecule has 0 fully saturated rings. The Morgan fingerprint density at radius 1 is 1.00 bits per heavy atom. The van der Waals surface area contributed by atoms with Crippen molar-refractivity contribution in [3.63, 3.8) is 0 Å². The minimum absolute atomic E-state index is 0.114. The number of Topliss-reactive ketones (excluding diaryl/α,β-unsaturated/α-hetero) is 1. The maximum atomic E-state index is 13.4. The molecule has 2 heterocycles. The van der Waals surface area contributed by atoms with Gasteiger partial charge in [-0.3, -0.25) is 14.2 Å². The highest BCUT2D eigenvalue weighted by Crippen LogP contribution is 2.29. The summed E-state index contributed by atoms with van der Waals surface area (Å²) in [5, 5.41) is 11.1. The lowest BCUT2D eigenvalue weighted by molar-refractivity contribution is 0.0989. The minimum Gasteiger partial charge on any atom is -0.506 e. The highest BCUT2D eigenvalue weighted by molar-refractivity contribution is 6.04. The zero-order valence-corrected chi connectivity index (χ0v) is 17.0. The van der Waals surface area contributed by atoms with Gasteiger partial charge in [0.25, 0.3) is 5.56 Å². The number of hydrogen-bond donors (Lipinski definition) is 1. The fourth-order valence-electron chi connectivity index (χ4n) is 3.51. The van der Waals surface area contributed by atoms with Crippen molar-refractivity contribution in [1.29, 1.82) is 0 Å². The van der Waals surface area contributed by atoms with Crippen LogP contribution in [-0.4, -0.2) is 34.7 Å². The molecule has 4 rings (SSSR count). The largest absolute Gasteiger partial charge is 0.506 e. The lowest BCUT2D eigenvalue weighted by atomic mass is 10.0. The second kappa shape index (κ2) is 8.31. The average molecular weight is 416 g/mol. The van der Waals surface area contributed by atoms with E-state index in [0.29, 0.717) is 28.1 Å². The zero-order chi connectivity index (χ0) is 22.0. The molecule has 0 saturated heterocycles. The van der Waals surface area contributed by atoms with Gasteiger partial charge >= 0.3 is 0 Å².